The van der Waals surface area contributed by atoms with Crippen LogP contribution in [0.25, 0.3) is 22.2 Å². The lowest BCUT2D eigenvalue weighted by atomic mass is 10.1. The number of pyridine rings is 1. The summed E-state index contributed by atoms with van der Waals surface area (Å²) in [5, 5.41) is 0.990. The third-order valence-electron chi connectivity index (χ3n) is 3.15. The van der Waals surface area contributed by atoms with Gasteiger partial charge >= 0.3 is 0 Å². The zero-order chi connectivity index (χ0) is 14.2. The second kappa shape index (κ2) is 4.73. The molecule has 2 aromatic heterocycles. The van der Waals surface area contributed by atoms with Gasteiger partial charge in [0.1, 0.15) is 5.65 Å². The van der Waals surface area contributed by atoms with Gasteiger partial charge in [0.2, 0.25) is 10.0 Å². The average Bonchev–Trinajstić information content (AvgIpc) is 2.94. The number of aromatic nitrogens is 2. The molecule has 5 nitrogen and oxygen atoms in total. The number of rotatable bonds is 3. The van der Waals surface area contributed by atoms with Crippen LogP contribution in [0.15, 0.2) is 53.7 Å². The van der Waals surface area contributed by atoms with E-state index in [-0.39, 0.29) is 4.90 Å². The number of H-pyrrole nitrogens is 1. The number of sulfonamides is 1. The van der Waals surface area contributed by atoms with Gasteiger partial charge in [-0.05, 0) is 36.9 Å². The van der Waals surface area contributed by atoms with E-state index in [1.807, 2.05) is 24.4 Å². The summed E-state index contributed by atoms with van der Waals surface area (Å²) in [5.41, 5.74) is 2.51. The van der Waals surface area contributed by atoms with Gasteiger partial charge in [0.05, 0.1) is 4.90 Å². The van der Waals surface area contributed by atoms with Crippen LogP contribution in [0.2, 0.25) is 0 Å². The molecule has 0 amide bonds. The normalized spacial score (nSPS) is 11.8. The Hall–Kier alpha value is -2.18. The Balaban J connectivity index is 2.12. The smallest absolute Gasteiger partial charge is 0.240 e. The van der Waals surface area contributed by atoms with Crippen LogP contribution in [0.3, 0.4) is 0 Å². The van der Waals surface area contributed by atoms with E-state index in [2.05, 4.69) is 14.7 Å². The van der Waals surface area contributed by atoms with Gasteiger partial charge in [-0.1, -0.05) is 12.1 Å². The van der Waals surface area contributed by atoms with E-state index >= 15 is 0 Å². The van der Waals surface area contributed by atoms with Gasteiger partial charge in [0.15, 0.2) is 0 Å². The van der Waals surface area contributed by atoms with Crippen molar-refractivity contribution in [1.82, 2.24) is 14.7 Å². The molecule has 0 unspecified atom stereocenters. The van der Waals surface area contributed by atoms with Crippen molar-refractivity contribution in [3.05, 3.63) is 48.8 Å². The highest BCUT2D eigenvalue weighted by Gasteiger charge is 2.12. The largest absolute Gasteiger partial charge is 0.346 e. The lowest BCUT2D eigenvalue weighted by Gasteiger charge is -2.06. The van der Waals surface area contributed by atoms with Crippen molar-refractivity contribution in [2.75, 3.05) is 7.05 Å². The molecule has 1 aromatic carbocycles. The first-order valence-electron chi connectivity index (χ1n) is 6.07. The van der Waals surface area contributed by atoms with Gasteiger partial charge in [0.25, 0.3) is 0 Å². The maximum absolute atomic E-state index is 11.8. The maximum atomic E-state index is 11.8. The Morgan fingerprint density at radius 2 is 2.00 bits per heavy atom. The minimum absolute atomic E-state index is 0.242. The summed E-state index contributed by atoms with van der Waals surface area (Å²) < 4.78 is 26.0. The molecule has 0 bridgehead atoms. The number of nitrogens with one attached hydrogen (secondary N) is 2. The fourth-order valence-corrected chi connectivity index (χ4v) is 2.83. The molecule has 0 saturated carbocycles. The Morgan fingerprint density at radius 1 is 1.15 bits per heavy atom. The van der Waals surface area contributed by atoms with E-state index in [1.165, 1.54) is 7.05 Å². The van der Waals surface area contributed by atoms with E-state index in [4.69, 9.17) is 0 Å². The Labute approximate surface area is 116 Å². The molecule has 2 N–H and O–H groups in total. The fourth-order valence-electron chi connectivity index (χ4n) is 2.06. The van der Waals surface area contributed by atoms with Crippen LogP contribution in [0, 0.1) is 0 Å². The molecule has 0 spiro atoms. The van der Waals surface area contributed by atoms with E-state index in [1.54, 1.807) is 24.4 Å². The van der Waals surface area contributed by atoms with E-state index in [0.29, 0.717) is 0 Å². The Bertz CT molecular complexity index is 869. The fraction of sp³-hybridized carbons (Fsp3) is 0.0714. The lowest BCUT2D eigenvalue weighted by Crippen LogP contribution is -2.18. The van der Waals surface area contributed by atoms with Crippen LogP contribution in [-0.2, 0) is 10.0 Å². The van der Waals surface area contributed by atoms with Crippen molar-refractivity contribution in [1.29, 1.82) is 0 Å². The number of nitrogens with zero attached hydrogens (tertiary/aromatic N) is 1. The second-order valence-electron chi connectivity index (χ2n) is 4.37. The molecular formula is C14H13N3O2S. The van der Waals surface area contributed by atoms with E-state index in [9.17, 15) is 8.42 Å². The van der Waals surface area contributed by atoms with E-state index in [0.717, 1.165) is 22.2 Å². The van der Waals surface area contributed by atoms with Crippen LogP contribution in [0.5, 0.6) is 0 Å². The molecule has 0 aliphatic carbocycles. The van der Waals surface area contributed by atoms with Gasteiger partial charge in [-0.2, -0.15) is 0 Å². The lowest BCUT2D eigenvalue weighted by molar-refractivity contribution is 0.588. The van der Waals surface area contributed by atoms with Gasteiger partial charge in [-0.25, -0.2) is 18.1 Å². The molecule has 0 aliphatic heterocycles. The average molecular weight is 287 g/mol. The number of hydrogen-bond acceptors (Lipinski definition) is 3. The zero-order valence-corrected chi connectivity index (χ0v) is 11.6. The highest BCUT2D eigenvalue weighted by atomic mass is 32.2. The van der Waals surface area contributed by atoms with Crippen LogP contribution < -0.4 is 4.72 Å². The molecule has 0 saturated heterocycles. The summed E-state index contributed by atoms with van der Waals surface area (Å²) in [6.45, 7) is 0. The maximum Gasteiger partial charge on any atom is 0.240 e. The predicted octanol–water partition coefficient (Wildman–Crippen LogP) is 2.14. The summed E-state index contributed by atoms with van der Waals surface area (Å²) in [7, 11) is -2.04. The topological polar surface area (TPSA) is 74.8 Å². The third kappa shape index (κ3) is 2.19. The standard InChI is InChI=1S/C14H13N3O2S/c1-15-20(18,19)13-4-2-3-10(8-13)12-7-11-5-6-16-14(11)17-9-12/h2-9,15H,1H3,(H,16,17). The molecule has 0 fully saturated rings. The third-order valence-corrected chi connectivity index (χ3v) is 4.56. The summed E-state index contributed by atoms with van der Waals surface area (Å²) in [5.74, 6) is 0. The van der Waals surface area contributed by atoms with Crippen molar-refractivity contribution < 1.29 is 8.42 Å². The van der Waals surface area contributed by atoms with Crippen LogP contribution in [0.1, 0.15) is 0 Å². The number of aromatic amines is 1. The quantitative estimate of drug-likeness (QED) is 0.775. The summed E-state index contributed by atoms with van der Waals surface area (Å²) in [4.78, 5) is 7.58. The zero-order valence-electron chi connectivity index (χ0n) is 10.8. The molecular weight excluding hydrogens is 274 g/mol. The summed E-state index contributed by atoms with van der Waals surface area (Å²) in [6, 6.07) is 10.7. The minimum Gasteiger partial charge on any atom is -0.346 e. The molecule has 3 aromatic rings. The number of fused-ring (bicyclic) bond motifs is 1. The SMILES string of the molecule is CNS(=O)(=O)c1cccc(-c2cnc3[nH]ccc3c2)c1. The molecule has 0 radical (unpaired) electrons. The van der Waals surface area contributed by atoms with Crippen molar-refractivity contribution in [2.24, 2.45) is 0 Å². The minimum atomic E-state index is -3.44. The van der Waals surface area contributed by atoms with Crippen molar-refractivity contribution >= 4 is 21.1 Å². The van der Waals surface area contributed by atoms with Crippen LogP contribution >= 0.6 is 0 Å². The first kappa shape index (κ1) is 12.8. The van der Waals surface area contributed by atoms with Crippen molar-refractivity contribution in [3.8, 4) is 11.1 Å². The van der Waals surface area contributed by atoms with Crippen molar-refractivity contribution in [3.63, 3.8) is 0 Å². The van der Waals surface area contributed by atoms with Crippen LogP contribution in [0.4, 0.5) is 0 Å². The molecule has 0 aliphatic rings. The summed E-state index contributed by atoms with van der Waals surface area (Å²) in [6.07, 6.45) is 3.55. The molecule has 6 heteroatoms. The van der Waals surface area contributed by atoms with Gasteiger partial charge in [0, 0.05) is 23.3 Å². The van der Waals surface area contributed by atoms with Gasteiger partial charge in [-0.3, -0.25) is 0 Å². The van der Waals surface area contributed by atoms with Crippen LogP contribution in [-0.4, -0.2) is 25.4 Å². The Kier molecular flexibility index (Phi) is 3.04. The summed E-state index contributed by atoms with van der Waals surface area (Å²) >= 11 is 0. The monoisotopic (exact) mass is 287 g/mol. The highest BCUT2D eigenvalue weighted by Crippen LogP contribution is 2.24. The van der Waals surface area contributed by atoms with Gasteiger partial charge < -0.3 is 4.98 Å². The molecule has 2 heterocycles. The highest BCUT2D eigenvalue weighted by molar-refractivity contribution is 7.89. The first-order chi connectivity index (χ1) is 9.60. The second-order valence-corrected chi connectivity index (χ2v) is 6.26. The number of benzene rings is 1. The molecule has 102 valence electrons. The first-order valence-corrected chi connectivity index (χ1v) is 7.55. The molecule has 20 heavy (non-hydrogen) atoms. The van der Waals surface area contributed by atoms with Crippen molar-refractivity contribution in [2.45, 2.75) is 4.90 Å². The number of hydrogen-bond donors (Lipinski definition) is 2. The Morgan fingerprint density at radius 3 is 2.80 bits per heavy atom. The predicted molar refractivity (Wildman–Crippen MR) is 77.8 cm³/mol. The molecule has 0 atom stereocenters. The van der Waals surface area contributed by atoms with E-state index < -0.39 is 10.0 Å². The molecule has 3 rings (SSSR count). The van der Waals surface area contributed by atoms with Gasteiger partial charge in [-0.15, -0.1) is 0 Å².